The van der Waals surface area contributed by atoms with Crippen molar-refractivity contribution in [1.29, 1.82) is 0 Å². The van der Waals surface area contributed by atoms with Crippen molar-refractivity contribution in [2.24, 2.45) is 5.73 Å². The summed E-state index contributed by atoms with van der Waals surface area (Å²) in [6.07, 6.45) is -0.977. The number of ether oxygens (including phenoxy) is 1. The van der Waals surface area contributed by atoms with Crippen LogP contribution in [0.5, 0.6) is 5.75 Å². The Morgan fingerprint density at radius 2 is 2.00 bits per heavy atom. The van der Waals surface area contributed by atoms with Crippen LogP contribution in [0.25, 0.3) is 0 Å². The second kappa shape index (κ2) is 5.85. The van der Waals surface area contributed by atoms with Gasteiger partial charge in [0.15, 0.2) is 6.10 Å². The molecule has 1 atom stereocenters. The van der Waals surface area contributed by atoms with Crippen molar-refractivity contribution in [1.82, 2.24) is 5.32 Å². The van der Waals surface area contributed by atoms with Gasteiger partial charge in [-0.15, -0.1) is 0 Å². The van der Waals surface area contributed by atoms with Crippen LogP contribution in [0.15, 0.2) is 18.2 Å². The summed E-state index contributed by atoms with van der Waals surface area (Å²) in [4.78, 5) is 32.9. The third-order valence-electron chi connectivity index (χ3n) is 2.43. The third kappa shape index (κ3) is 3.70. The fourth-order valence-corrected chi connectivity index (χ4v) is 1.44. The maximum atomic E-state index is 11.4. The molecule has 0 aromatic heterocycles. The molecule has 0 spiro atoms. The average Bonchev–Trinajstić information content (AvgIpc) is 2.30. The molecule has 0 aliphatic rings. The number of aromatic carboxylic acids is 1. The van der Waals surface area contributed by atoms with Gasteiger partial charge in [0.05, 0.1) is 5.56 Å². The van der Waals surface area contributed by atoms with Crippen LogP contribution in [0.2, 0.25) is 0 Å². The van der Waals surface area contributed by atoms with Gasteiger partial charge in [-0.2, -0.15) is 0 Å². The van der Waals surface area contributed by atoms with E-state index in [1.54, 1.807) is 6.92 Å². The lowest BCUT2D eigenvalue weighted by Gasteiger charge is -2.16. The number of carboxylic acid groups (broad SMARTS) is 1. The maximum absolute atomic E-state index is 11.4. The van der Waals surface area contributed by atoms with E-state index in [1.807, 2.05) is 5.32 Å². The number of benzene rings is 1. The zero-order chi connectivity index (χ0) is 14.6. The number of carbonyl (C=O) groups is 3. The number of imide groups is 1. The summed E-state index contributed by atoms with van der Waals surface area (Å²) in [5, 5.41) is 10.8. The number of carboxylic acids is 1. The van der Waals surface area contributed by atoms with E-state index in [0.29, 0.717) is 5.56 Å². The molecule has 0 radical (unpaired) electrons. The normalized spacial score (nSPS) is 11.5. The highest BCUT2D eigenvalue weighted by molar-refractivity contribution is 5.96. The molecule has 0 fully saturated rings. The van der Waals surface area contributed by atoms with Gasteiger partial charge in [-0.3, -0.25) is 10.1 Å². The molecule has 1 rings (SSSR count). The minimum absolute atomic E-state index is 0.0833. The highest BCUT2D eigenvalue weighted by Gasteiger charge is 2.18. The average molecular weight is 266 g/mol. The van der Waals surface area contributed by atoms with E-state index < -0.39 is 24.0 Å². The standard InChI is InChI=1S/C12H14N2O5/c1-6-8(11(16)17)4-3-5-9(6)19-7(2)10(15)14-12(13)18/h3-5,7H,1-2H3,(H,16,17)(H3,13,14,15,18). The predicted molar refractivity (Wildman–Crippen MR) is 66.0 cm³/mol. The van der Waals surface area contributed by atoms with E-state index in [4.69, 9.17) is 15.6 Å². The zero-order valence-electron chi connectivity index (χ0n) is 10.5. The Bertz CT molecular complexity index is 527. The Hall–Kier alpha value is -2.57. The van der Waals surface area contributed by atoms with Gasteiger partial charge >= 0.3 is 12.0 Å². The number of hydrogen-bond acceptors (Lipinski definition) is 4. The summed E-state index contributed by atoms with van der Waals surface area (Å²) >= 11 is 0. The van der Waals surface area contributed by atoms with Crippen LogP contribution in [0, 0.1) is 6.92 Å². The van der Waals surface area contributed by atoms with Gasteiger partial charge in [0, 0.05) is 5.56 Å². The smallest absolute Gasteiger partial charge is 0.336 e. The molecule has 19 heavy (non-hydrogen) atoms. The van der Waals surface area contributed by atoms with Crippen LogP contribution in [0.3, 0.4) is 0 Å². The van der Waals surface area contributed by atoms with Crippen molar-refractivity contribution < 1.29 is 24.2 Å². The number of urea groups is 1. The molecule has 1 unspecified atom stereocenters. The van der Waals surface area contributed by atoms with E-state index >= 15 is 0 Å². The second-order valence-corrected chi connectivity index (χ2v) is 3.85. The Kier molecular flexibility index (Phi) is 4.46. The number of primary amides is 1. The summed E-state index contributed by atoms with van der Waals surface area (Å²) in [6, 6.07) is 3.50. The number of nitrogens with two attached hydrogens (primary N) is 1. The fourth-order valence-electron chi connectivity index (χ4n) is 1.44. The lowest BCUT2D eigenvalue weighted by atomic mass is 10.1. The quantitative estimate of drug-likeness (QED) is 0.739. The molecule has 7 nitrogen and oxygen atoms in total. The summed E-state index contributed by atoms with van der Waals surface area (Å²) in [5.74, 6) is -1.53. The van der Waals surface area contributed by atoms with Gasteiger partial charge in [-0.1, -0.05) is 6.07 Å². The molecule has 1 aromatic carbocycles. The molecule has 0 bridgehead atoms. The van der Waals surface area contributed by atoms with E-state index in [2.05, 4.69) is 0 Å². The van der Waals surface area contributed by atoms with Gasteiger partial charge in [0.25, 0.3) is 5.91 Å². The van der Waals surface area contributed by atoms with Crippen LogP contribution in [-0.4, -0.2) is 29.1 Å². The van der Waals surface area contributed by atoms with Gasteiger partial charge in [-0.05, 0) is 26.0 Å². The van der Waals surface area contributed by atoms with Crippen molar-refractivity contribution in [2.45, 2.75) is 20.0 Å². The molecular formula is C12H14N2O5. The molecule has 0 aliphatic carbocycles. The Morgan fingerprint density at radius 1 is 1.37 bits per heavy atom. The number of hydrogen-bond donors (Lipinski definition) is 3. The molecule has 0 saturated carbocycles. The van der Waals surface area contributed by atoms with Crippen LogP contribution < -0.4 is 15.8 Å². The third-order valence-corrected chi connectivity index (χ3v) is 2.43. The molecule has 102 valence electrons. The molecule has 0 saturated heterocycles. The lowest BCUT2D eigenvalue weighted by molar-refractivity contribution is -0.126. The zero-order valence-corrected chi connectivity index (χ0v) is 10.5. The molecule has 7 heteroatoms. The van der Waals surface area contributed by atoms with E-state index in [9.17, 15) is 14.4 Å². The molecule has 3 amide bonds. The monoisotopic (exact) mass is 266 g/mol. The lowest BCUT2D eigenvalue weighted by Crippen LogP contribution is -2.42. The van der Waals surface area contributed by atoms with Crippen LogP contribution in [0.4, 0.5) is 4.79 Å². The van der Waals surface area contributed by atoms with Crippen LogP contribution in [0.1, 0.15) is 22.8 Å². The SMILES string of the molecule is Cc1c(OC(C)C(=O)NC(N)=O)cccc1C(=O)O. The van der Waals surface area contributed by atoms with E-state index in [-0.39, 0.29) is 11.3 Å². The molecular weight excluding hydrogens is 252 g/mol. The van der Waals surface area contributed by atoms with Gasteiger partial charge in [0.2, 0.25) is 0 Å². The summed E-state index contributed by atoms with van der Waals surface area (Å²) in [6.45, 7) is 2.99. The fraction of sp³-hybridized carbons (Fsp3) is 0.250. The van der Waals surface area contributed by atoms with Crippen LogP contribution >= 0.6 is 0 Å². The van der Waals surface area contributed by atoms with E-state index in [1.165, 1.54) is 25.1 Å². The highest BCUT2D eigenvalue weighted by atomic mass is 16.5. The predicted octanol–water partition coefficient (Wildman–Crippen LogP) is 0.655. The van der Waals surface area contributed by atoms with Gasteiger partial charge in [0.1, 0.15) is 5.75 Å². The van der Waals surface area contributed by atoms with Gasteiger partial charge in [-0.25, -0.2) is 9.59 Å². The first-order valence-electron chi connectivity index (χ1n) is 5.42. The van der Waals surface area contributed by atoms with Crippen molar-refractivity contribution in [3.63, 3.8) is 0 Å². The molecule has 0 heterocycles. The Balaban J connectivity index is 2.88. The Morgan fingerprint density at radius 3 is 2.53 bits per heavy atom. The van der Waals surface area contributed by atoms with Crippen molar-refractivity contribution in [2.75, 3.05) is 0 Å². The molecule has 0 aliphatic heterocycles. The van der Waals surface area contributed by atoms with Crippen molar-refractivity contribution >= 4 is 17.9 Å². The summed E-state index contributed by atoms with van der Waals surface area (Å²) in [7, 11) is 0. The van der Waals surface area contributed by atoms with Crippen molar-refractivity contribution in [3.8, 4) is 5.75 Å². The molecule has 1 aromatic rings. The topological polar surface area (TPSA) is 119 Å². The number of carbonyl (C=O) groups excluding carboxylic acids is 2. The minimum atomic E-state index is -1.09. The first-order valence-corrected chi connectivity index (χ1v) is 5.42. The van der Waals surface area contributed by atoms with Gasteiger partial charge < -0.3 is 15.6 Å². The largest absolute Gasteiger partial charge is 0.481 e. The summed E-state index contributed by atoms with van der Waals surface area (Å²) < 4.78 is 5.32. The van der Waals surface area contributed by atoms with Crippen LogP contribution in [-0.2, 0) is 4.79 Å². The molecule has 4 N–H and O–H groups in total. The number of nitrogens with one attached hydrogen (secondary N) is 1. The maximum Gasteiger partial charge on any atom is 0.336 e. The summed E-state index contributed by atoms with van der Waals surface area (Å²) in [5.41, 5.74) is 5.29. The first kappa shape index (κ1) is 14.5. The Labute approximate surface area is 109 Å². The highest BCUT2D eigenvalue weighted by Crippen LogP contribution is 2.22. The van der Waals surface area contributed by atoms with Crippen molar-refractivity contribution in [3.05, 3.63) is 29.3 Å². The first-order chi connectivity index (χ1) is 8.82. The number of amides is 3. The number of rotatable bonds is 4. The van der Waals surface area contributed by atoms with E-state index in [0.717, 1.165) is 0 Å². The minimum Gasteiger partial charge on any atom is -0.481 e. The second-order valence-electron chi connectivity index (χ2n) is 3.85.